The lowest BCUT2D eigenvalue weighted by atomic mass is 10.1. The van der Waals surface area contributed by atoms with Gasteiger partial charge >= 0.3 is 6.03 Å². The van der Waals surface area contributed by atoms with E-state index in [1.807, 2.05) is 25.1 Å². The predicted octanol–water partition coefficient (Wildman–Crippen LogP) is 3.22. The van der Waals surface area contributed by atoms with Gasteiger partial charge in [0.1, 0.15) is 5.82 Å². The van der Waals surface area contributed by atoms with Crippen LogP contribution < -0.4 is 10.6 Å². The van der Waals surface area contributed by atoms with E-state index in [0.29, 0.717) is 25.1 Å². The molecule has 2 N–H and O–H groups in total. The smallest absolute Gasteiger partial charge is 0.314 e. The third kappa shape index (κ3) is 5.20. The quantitative estimate of drug-likeness (QED) is 0.845. The van der Waals surface area contributed by atoms with Crippen LogP contribution in [0, 0.1) is 12.7 Å². The third-order valence-electron chi connectivity index (χ3n) is 3.42. The first-order valence-corrected chi connectivity index (χ1v) is 7.46. The number of nitrogens with one attached hydrogen (secondary N) is 2. The molecule has 2 rings (SSSR count). The molecule has 3 nitrogen and oxygen atoms in total. The summed E-state index contributed by atoms with van der Waals surface area (Å²) in [6, 6.07) is 14.6. The summed E-state index contributed by atoms with van der Waals surface area (Å²) in [6.07, 6.45) is 1.28. The van der Waals surface area contributed by atoms with E-state index in [1.54, 1.807) is 18.2 Å². The van der Waals surface area contributed by atoms with E-state index < -0.39 is 0 Å². The second kappa shape index (κ2) is 8.17. The number of rotatable bonds is 6. The zero-order valence-electron chi connectivity index (χ0n) is 12.7. The molecule has 0 heterocycles. The Balaban J connectivity index is 1.65. The van der Waals surface area contributed by atoms with Gasteiger partial charge in [0.15, 0.2) is 0 Å². The maximum Gasteiger partial charge on any atom is 0.314 e. The molecule has 0 saturated heterocycles. The molecule has 0 atom stereocenters. The van der Waals surface area contributed by atoms with Gasteiger partial charge in [0.05, 0.1) is 0 Å². The lowest BCUT2D eigenvalue weighted by Crippen LogP contribution is -2.37. The molecule has 0 aromatic heterocycles. The van der Waals surface area contributed by atoms with Crippen molar-refractivity contribution < 1.29 is 9.18 Å². The molecule has 116 valence electrons. The van der Waals surface area contributed by atoms with E-state index in [2.05, 4.69) is 16.7 Å². The molecule has 0 aliphatic rings. The van der Waals surface area contributed by atoms with Crippen LogP contribution in [0.3, 0.4) is 0 Å². The van der Waals surface area contributed by atoms with E-state index in [9.17, 15) is 9.18 Å². The van der Waals surface area contributed by atoms with E-state index >= 15 is 0 Å². The first-order valence-electron chi connectivity index (χ1n) is 7.46. The number of carbonyl (C=O) groups excluding carboxylic acids is 1. The molecule has 0 radical (unpaired) electrons. The summed E-state index contributed by atoms with van der Waals surface area (Å²) < 4.78 is 13.4. The van der Waals surface area contributed by atoms with Gasteiger partial charge in [-0.1, -0.05) is 48.0 Å². The number of hydrogen-bond donors (Lipinski definition) is 2. The van der Waals surface area contributed by atoms with Crippen molar-refractivity contribution in [2.24, 2.45) is 0 Å². The van der Waals surface area contributed by atoms with Crippen LogP contribution in [-0.2, 0) is 12.8 Å². The minimum atomic E-state index is -0.232. The van der Waals surface area contributed by atoms with Crippen LogP contribution in [-0.4, -0.2) is 19.1 Å². The van der Waals surface area contributed by atoms with E-state index in [1.165, 1.54) is 17.2 Å². The number of aryl methyl sites for hydroxylation is 1. The number of benzene rings is 2. The summed E-state index contributed by atoms with van der Waals surface area (Å²) in [5, 5.41) is 5.55. The van der Waals surface area contributed by atoms with Crippen molar-refractivity contribution in [1.29, 1.82) is 0 Å². The van der Waals surface area contributed by atoms with Crippen LogP contribution in [0.25, 0.3) is 0 Å². The summed E-state index contributed by atoms with van der Waals surface area (Å²) >= 11 is 0. The van der Waals surface area contributed by atoms with Crippen LogP contribution in [0.15, 0.2) is 48.5 Å². The minimum Gasteiger partial charge on any atom is -0.338 e. The summed E-state index contributed by atoms with van der Waals surface area (Å²) in [4.78, 5) is 11.7. The molecule has 0 fully saturated rings. The number of hydrogen-bond acceptors (Lipinski definition) is 1. The molecule has 0 unspecified atom stereocenters. The molecule has 2 aromatic rings. The fourth-order valence-electron chi connectivity index (χ4n) is 2.26. The summed E-state index contributed by atoms with van der Waals surface area (Å²) in [5.74, 6) is -0.232. The number of amides is 2. The van der Waals surface area contributed by atoms with Gasteiger partial charge in [-0.2, -0.15) is 0 Å². The Labute approximate surface area is 130 Å². The highest BCUT2D eigenvalue weighted by molar-refractivity contribution is 5.73. The highest BCUT2D eigenvalue weighted by atomic mass is 19.1. The Morgan fingerprint density at radius 1 is 1.00 bits per heavy atom. The lowest BCUT2D eigenvalue weighted by Gasteiger charge is -2.08. The molecule has 0 spiro atoms. The van der Waals surface area contributed by atoms with Gasteiger partial charge in [0.25, 0.3) is 0 Å². The van der Waals surface area contributed by atoms with E-state index in [0.717, 1.165) is 6.42 Å². The molecule has 0 aliphatic carbocycles. The minimum absolute atomic E-state index is 0.219. The maximum absolute atomic E-state index is 13.4. The third-order valence-corrected chi connectivity index (χ3v) is 3.42. The Kier molecular flexibility index (Phi) is 5.95. The Morgan fingerprint density at radius 3 is 2.45 bits per heavy atom. The zero-order chi connectivity index (χ0) is 15.8. The van der Waals surface area contributed by atoms with Gasteiger partial charge in [0, 0.05) is 13.1 Å². The average Bonchev–Trinajstić information content (AvgIpc) is 2.49. The molecule has 0 saturated carbocycles. The van der Waals surface area contributed by atoms with Gasteiger partial charge < -0.3 is 10.6 Å². The Morgan fingerprint density at radius 2 is 1.73 bits per heavy atom. The molecule has 4 heteroatoms. The Bertz CT molecular complexity index is 628. The highest BCUT2D eigenvalue weighted by Crippen LogP contribution is 2.06. The Hall–Kier alpha value is -2.36. The van der Waals surface area contributed by atoms with Crippen molar-refractivity contribution in [3.8, 4) is 0 Å². The van der Waals surface area contributed by atoms with E-state index in [-0.39, 0.29) is 11.8 Å². The first kappa shape index (κ1) is 16.0. The fourth-order valence-corrected chi connectivity index (χ4v) is 2.26. The van der Waals surface area contributed by atoms with Gasteiger partial charge in [-0.25, -0.2) is 9.18 Å². The molecule has 2 aromatic carbocycles. The molecular weight excluding hydrogens is 279 g/mol. The van der Waals surface area contributed by atoms with Crippen LogP contribution in [0.2, 0.25) is 0 Å². The van der Waals surface area contributed by atoms with Crippen molar-refractivity contribution in [2.45, 2.75) is 19.8 Å². The van der Waals surface area contributed by atoms with Crippen molar-refractivity contribution in [3.63, 3.8) is 0 Å². The van der Waals surface area contributed by atoms with Crippen LogP contribution in [0.5, 0.6) is 0 Å². The second-order valence-corrected chi connectivity index (χ2v) is 5.26. The van der Waals surface area contributed by atoms with Gasteiger partial charge in [-0.3, -0.25) is 0 Å². The van der Waals surface area contributed by atoms with Crippen molar-refractivity contribution >= 4 is 6.03 Å². The topological polar surface area (TPSA) is 41.1 Å². The monoisotopic (exact) mass is 300 g/mol. The molecule has 2 amide bonds. The van der Waals surface area contributed by atoms with Crippen LogP contribution in [0.4, 0.5) is 9.18 Å². The number of urea groups is 1. The average molecular weight is 300 g/mol. The second-order valence-electron chi connectivity index (χ2n) is 5.26. The van der Waals surface area contributed by atoms with Crippen molar-refractivity contribution in [3.05, 3.63) is 71.0 Å². The lowest BCUT2D eigenvalue weighted by molar-refractivity contribution is 0.241. The first-order chi connectivity index (χ1) is 10.6. The van der Waals surface area contributed by atoms with Gasteiger partial charge in [-0.05, 0) is 37.0 Å². The highest BCUT2D eigenvalue weighted by Gasteiger charge is 2.03. The standard InChI is InChI=1S/C18H21FN2O/c1-14-5-4-6-15(13-14)9-11-20-18(22)21-12-10-16-7-2-3-8-17(16)19/h2-8,13H,9-12H2,1H3,(H2,20,21,22). The number of carbonyl (C=O) groups is 1. The van der Waals surface area contributed by atoms with Crippen molar-refractivity contribution in [1.82, 2.24) is 10.6 Å². The van der Waals surface area contributed by atoms with Crippen LogP contribution >= 0.6 is 0 Å². The zero-order valence-corrected chi connectivity index (χ0v) is 12.7. The van der Waals surface area contributed by atoms with Gasteiger partial charge in [-0.15, -0.1) is 0 Å². The molecular formula is C18H21FN2O. The fraction of sp³-hybridized carbons (Fsp3) is 0.278. The summed E-state index contributed by atoms with van der Waals surface area (Å²) in [5.41, 5.74) is 3.03. The van der Waals surface area contributed by atoms with Gasteiger partial charge in [0.2, 0.25) is 0 Å². The van der Waals surface area contributed by atoms with Crippen LogP contribution in [0.1, 0.15) is 16.7 Å². The number of halogens is 1. The predicted molar refractivity (Wildman–Crippen MR) is 86.4 cm³/mol. The molecule has 22 heavy (non-hydrogen) atoms. The largest absolute Gasteiger partial charge is 0.338 e. The summed E-state index contributed by atoms with van der Waals surface area (Å²) in [6.45, 7) is 3.04. The van der Waals surface area contributed by atoms with Crippen molar-refractivity contribution in [2.75, 3.05) is 13.1 Å². The SMILES string of the molecule is Cc1cccc(CCNC(=O)NCCc2ccccc2F)c1. The summed E-state index contributed by atoms with van der Waals surface area (Å²) in [7, 11) is 0. The van der Waals surface area contributed by atoms with E-state index in [4.69, 9.17) is 0 Å². The normalized spacial score (nSPS) is 10.3. The molecule has 0 aliphatic heterocycles. The molecule has 0 bridgehead atoms. The maximum atomic E-state index is 13.4.